The molecule has 3 rings (SSSR count). The van der Waals surface area contributed by atoms with Crippen molar-refractivity contribution in [3.05, 3.63) is 71.3 Å². The summed E-state index contributed by atoms with van der Waals surface area (Å²) in [6.07, 6.45) is 1.57. The van der Waals surface area contributed by atoms with E-state index in [9.17, 15) is 9.59 Å². The lowest BCUT2D eigenvalue weighted by Crippen LogP contribution is -2.29. The first-order valence-corrected chi connectivity index (χ1v) is 9.10. The zero-order valence-electron chi connectivity index (χ0n) is 15.8. The minimum absolute atomic E-state index is 0.106. The van der Waals surface area contributed by atoms with Crippen molar-refractivity contribution in [2.24, 2.45) is 4.99 Å². The van der Waals surface area contributed by atoms with Gasteiger partial charge in [0.05, 0.1) is 17.0 Å². The maximum Gasteiger partial charge on any atom is 0.255 e. The number of rotatable bonds is 5. The van der Waals surface area contributed by atoms with Crippen LogP contribution in [-0.2, 0) is 4.79 Å². The molecule has 0 bridgehead atoms. The van der Waals surface area contributed by atoms with E-state index in [1.165, 1.54) is 7.05 Å². The Hall–Kier alpha value is -3.21. The number of benzene rings is 2. The number of nitrogens with zero attached hydrogens (tertiary/aromatic N) is 2. The predicted octanol–water partition coefficient (Wildman–Crippen LogP) is 3.52. The molecule has 0 saturated heterocycles. The van der Waals surface area contributed by atoms with Crippen LogP contribution in [0.4, 0.5) is 11.4 Å². The second kappa shape index (κ2) is 7.99. The lowest BCUT2D eigenvalue weighted by Gasteiger charge is -2.21. The molecule has 5 nitrogen and oxygen atoms in total. The highest BCUT2D eigenvalue weighted by atomic mass is 16.2. The van der Waals surface area contributed by atoms with Crippen LogP contribution < -0.4 is 10.2 Å². The van der Waals surface area contributed by atoms with Gasteiger partial charge in [-0.3, -0.25) is 9.59 Å². The fourth-order valence-electron chi connectivity index (χ4n) is 3.19. The molecule has 1 aliphatic rings. The summed E-state index contributed by atoms with van der Waals surface area (Å²) in [5.41, 5.74) is 3.87. The molecule has 2 aromatic carbocycles. The van der Waals surface area contributed by atoms with Crippen molar-refractivity contribution in [2.75, 3.05) is 25.0 Å². The number of amides is 1. The van der Waals surface area contributed by atoms with Crippen molar-refractivity contribution in [1.29, 1.82) is 0 Å². The Morgan fingerprint density at radius 2 is 1.63 bits per heavy atom. The predicted molar refractivity (Wildman–Crippen MR) is 109 cm³/mol. The first-order chi connectivity index (χ1) is 13.1. The second-order valence-electron chi connectivity index (χ2n) is 6.20. The number of carbonyl (C=O) groups is 2. The molecule has 5 heteroatoms. The lowest BCUT2D eigenvalue weighted by molar-refractivity contribution is -0.116. The largest absolute Gasteiger partial charge is 0.372 e. The zero-order chi connectivity index (χ0) is 19.4. The molecule has 0 spiro atoms. The molecular weight excluding hydrogens is 338 g/mol. The Morgan fingerprint density at radius 3 is 2.22 bits per heavy atom. The van der Waals surface area contributed by atoms with E-state index in [2.05, 4.69) is 24.1 Å². The van der Waals surface area contributed by atoms with Crippen LogP contribution in [0.5, 0.6) is 0 Å². The number of allylic oxidation sites excluding steroid dienone is 1. The van der Waals surface area contributed by atoms with Gasteiger partial charge in [0, 0.05) is 37.0 Å². The van der Waals surface area contributed by atoms with Gasteiger partial charge in [0.1, 0.15) is 0 Å². The standard InChI is InChI=1S/C22H23N3O2/c1-4-25(5-2)16-12-10-15(11-13-16)24-20-14-19(22(27)23-3)21(26)18-9-7-6-8-17(18)20/h6-14H,4-5H2,1-3H3,(H,23,27)/b24-20+. The van der Waals surface area contributed by atoms with E-state index in [1.807, 2.05) is 36.4 Å². The number of ketones is 1. The van der Waals surface area contributed by atoms with Gasteiger partial charge in [0.25, 0.3) is 5.91 Å². The first kappa shape index (κ1) is 18.6. The van der Waals surface area contributed by atoms with Gasteiger partial charge in [-0.25, -0.2) is 4.99 Å². The number of anilines is 1. The average Bonchev–Trinajstić information content (AvgIpc) is 2.71. The summed E-state index contributed by atoms with van der Waals surface area (Å²) in [6, 6.07) is 15.2. The van der Waals surface area contributed by atoms with E-state index in [1.54, 1.807) is 18.2 Å². The third kappa shape index (κ3) is 3.67. The number of Topliss-reactive ketones (excluding diaryl/α,β-unsaturated/α-hetero) is 1. The Labute approximate surface area is 159 Å². The van der Waals surface area contributed by atoms with Crippen LogP contribution in [0.3, 0.4) is 0 Å². The molecule has 1 N–H and O–H groups in total. The Kier molecular flexibility index (Phi) is 5.50. The fraction of sp³-hybridized carbons (Fsp3) is 0.227. The Bertz CT molecular complexity index is 923. The van der Waals surface area contributed by atoms with Gasteiger partial charge in [-0.1, -0.05) is 24.3 Å². The highest BCUT2D eigenvalue weighted by Crippen LogP contribution is 2.26. The Balaban J connectivity index is 2.04. The van der Waals surface area contributed by atoms with Gasteiger partial charge >= 0.3 is 0 Å². The summed E-state index contributed by atoms with van der Waals surface area (Å²) in [5, 5.41) is 2.52. The number of aliphatic imine (C=N–C) groups is 1. The molecule has 0 atom stereocenters. The molecule has 0 aromatic heterocycles. The van der Waals surface area contributed by atoms with Crippen LogP contribution in [0.1, 0.15) is 29.8 Å². The van der Waals surface area contributed by atoms with Gasteiger partial charge < -0.3 is 10.2 Å². The van der Waals surface area contributed by atoms with Crippen molar-refractivity contribution in [3.8, 4) is 0 Å². The smallest absolute Gasteiger partial charge is 0.255 e. The zero-order valence-corrected chi connectivity index (χ0v) is 15.8. The van der Waals surface area contributed by atoms with Crippen molar-refractivity contribution in [1.82, 2.24) is 5.32 Å². The molecule has 0 saturated carbocycles. The van der Waals surface area contributed by atoms with E-state index in [-0.39, 0.29) is 11.4 Å². The van der Waals surface area contributed by atoms with E-state index in [0.717, 1.165) is 30.0 Å². The minimum Gasteiger partial charge on any atom is -0.372 e. The average molecular weight is 361 g/mol. The van der Waals surface area contributed by atoms with Crippen molar-refractivity contribution in [2.45, 2.75) is 13.8 Å². The molecule has 138 valence electrons. The number of hydrogen-bond donors (Lipinski definition) is 1. The van der Waals surface area contributed by atoms with Gasteiger partial charge in [-0.05, 0) is 44.2 Å². The van der Waals surface area contributed by atoms with E-state index >= 15 is 0 Å². The number of carbonyl (C=O) groups excluding carboxylic acids is 2. The molecule has 1 amide bonds. The molecule has 0 heterocycles. The van der Waals surface area contributed by atoms with E-state index in [4.69, 9.17) is 4.99 Å². The SMILES string of the molecule is CCN(CC)c1ccc(/N=C2\C=C(C(=O)NC)C(=O)c3ccccc32)cc1. The van der Waals surface area contributed by atoms with Crippen molar-refractivity contribution in [3.63, 3.8) is 0 Å². The Morgan fingerprint density at radius 1 is 1.00 bits per heavy atom. The minimum atomic E-state index is -0.404. The molecule has 1 aliphatic carbocycles. The third-order valence-electron chi connectivity index (χ3n) is 4.67. The maximum absolute atomic E-state index is 12.6. The fourth-order valence-corrected chi connectivity index (χ4v) is 3.19. The van der Waals surface area contributed by atoms with Crippen molar-refractivity contribution >= 4 is 28.8 Å². The summed E-state index contributed by atoms with van der Waals surface area (Å²) in [7, 11) is 1.51. The molecule has 0 unspecified atom stereocenters. The van der Waals surface area contributed by atoms with Gasteiger partial charge in [-0.2, -0.15) is 0 Å². The van der Waals surface area contributed by atoms with Gasteiger partial charge in [-0.15, -0.1) is 0 Å². The van der Waals surface area contributed by atoms with Gasteiger partial charge in [0.15, 0.2) is 5.78 Å². The van der Waals surface area contributed by atoms with Crippen LogP contribution in [-0.4, -0.2) is 37.5 Å². The van der Waals surface area contributed by atoms with E-state index in [0.29, 0.717) is 11.3 Å². The monoisotopic (exact) mass is 361 g/mol. The summed E-state index contributed by atoms with van der Waals surface area (Å²) in [6.45, 7) is 6.13. The number of fused-ring (bicyclic) bond motifs is 1. The van der Waals surface area contributed by atoms with Crippen LogP contribution in [0.2, 0.25) is 0 Å². The maximum atomic E-state index is 12.6. The number of hydrogen-bond acceptors (Lipinski definition) is 4. The van der Waals surface area contributed by atoms with E-state index < -0.39 is 5.91 Å². The molecular formula is C22H23N3O2. The summed E-state index contributed by atoms with van der Waals surface area (Å²) in [4.78, 5) is 31.7. The normalized spacial score (nSPS) is 14.6. The number of nitrogens with one attached hydrogen (secondary N) is 1. The summed E-state index contributed by atoms with van der Waals surface area (Å²) >= 11 is 0. The molecule has 0 fully saturated rings. The van der Waals surface area contributed by atoms with Crippen LogP contribution in [0, 0.1) is 0 Å². The topological polar surface area (TPSA) is 61.8 Å². The first-order valence-electron chi connectivity index (χ1n) is 9.10. The quantitative estimate of drug-likeness (QED) is 0.829. The van der Waals surface area contributed by atoms with Crippen LogP contribution in [0.15, 0.2) is 65.2 Å². The van der Waals surface area contributed by atoms with Gasteiger partial charge in [0.2, 0.25) is 0 Å². The molecule has 2 aromatic rings. The van der Waals surface area contributed by atoms with Crippen LogP contribution in [0.25, 0.3) is 0 Å². The molecule has 27 heavy (non-hydrogen) atoms. The summed E-state index contributed by atoms with van der Waals surface area (Å²) < 4.78 is 0. The lowest BCUT2D eigenvalue weighted by atomic mass is 9.88. The second-order valence-corrected chi connectivity index (χ2v) is 6.20. The molecule has 0 aliphatic heterocycles. The number of likely N-dealkylation sites (N-methyl/N-ethyl adjacent to an activating group) is 1. The van der Waals surface area contributed by atoms with Crippen molar-refractivity contribution < 1.29 is 9.59 Å². The highest BCUT2D eigenvalue weighted by molar-refractivity contribution is 6.35. The molecule has 0 radical (unpaired) electrons. The van der Waals surface area contributed by atoms with Crippen LogP contribution >= 0.6 is 0 Å². The summed E-state index contributed by atoms with van der Waals surface area (Å²) in [5.74, 6) is -0.681. The highest BCUT2D eigenvalue weighted by Gasteiger charge is 2.27. The third-order valence-corrected chi connectivity index (χ3v) is 4.67.